The van der Waals surface area contributed by atoms with Crippen LogP contribution in [-0.2, 0) is 11.8 Å². The van der Waals surface area contributed by atoms with Crippen LogP contribution in [0.3, 0.4) is 0 Å². The molecule has 1 aromatic carbocycles. The first kappa shape index (κ1) is 27.8. The summed E-state index contributed by atoms with van der Waals surface area (Å²) < 4.78 is 2.13. The highest BCUT2D eigenvalue weighted by Crippen LogP contribution is 2.42. The Morgan fingerprint density at radius 1 is 1.02 bits per heavy atom. The van der Waals surface area contributed by atoms with Crippen molar-refractivity contribution < 1.29 is 5.11 Å². The summed E-state index contributed by atoms with van der Waals surface area (Å²) in [6.07, 6.45) is 14.0. The maximum Gasteiger partial charge on any atom is 0.145 e. The topological polar surface area (TPSA) is 109 Å². The van der Waals surface area contributed by atoms with Gasteiger partial charge >= 0.3 is 0 Å². The van der Waals surface area contributed by atoms with Crippen molar-refractivity contribution in [2.45, 2.75) is 102 Å². The van der Waals surface area contributed by atoms with Gasteiger partial charge in [0.05, 0.1) is 28.6 Å². The molecule has 3 fully saturated rings. The second-order valence-corrected chi connectivity index (χ2v) is 14.6. The molecule has 8 nitrogen and oxygen atoms in total. The minimum Gasteiger partial charge on any atom is -0.391 e. The number of nitrogens with one attached hydrogen (secondary N) is 1. The molecule has 0 radical (unpaired) electrons. The van der Waals surface area contributed by atoms with E-state index < -0.39 is 0 Å². The molecule has 7 rings (SSSR count). The number of benzene rings is 1. The van der Waals surface area contributed by atoms with Crippen LogP contribution in [0.1, 0.15) is 89.6 Å². The van der Waals surface area contributed by atoms with Crippen LogP contribution in [0.25, 0.3) is 22.1 Å². The van der Waals surface area contributed by atoms with E-state index >= 15 is 0 Å². The van der Waals surface area contributed by atoms with Crippen LogP contribution >= 0.6 is 0 Å². The zero-order valence-corrected chi connectivity index (χ0v) is 25.5. The molecule has 0 unspecified atom stereocenters. The summed E-state index contributed by atoms with van der Waals surface area (Å²) in [5, 5.41) is 12.0. The maximum absolute atomic E-state index is 11.1. The number of aromatic nitrogens is 5. The number of aromatic amines is 1. The van der Waals surface area contributed by atoms with Gasteiger partial charge in [0.2, 0.25) is 0 Å². The molecule has 4 aromatic rings. The highest BCUT2D eigenvalue weighted by molar-refractivity contribution is 5.86. The second kappa shape index (κ2) is 10.9. The average Bonchev–Trinajstić information content (AvgIpc) is 3.60. The predicted molar refractivity (Wildman–Crippen MR) is 168 cm³/mol. The van der Waals surface area contributed by atoms with Crippen LogP contribution in [0.5, 0.6) is 0 Å². The molecule has 3 heterocycles. The SMILES string of the molecule is CC(C)(C)c1ccc2[nH]c(CC[C@H]3C[C@@H](N(CC4CCC4)C[C@@H]4C[C@@H](O)[C@H](n5ccc6c(N)ncnc65)C4)C3)nc2c1. The number of aryl methyl sites for hydroxylation is 1. The Balaban J connectivity index is 0.961. The zero-order valence-electron chi connectivity index (χ0n) is 25.5. The molecule has 3 saturated carbocycles. The number of nitrogen functional groups attached to an aromatic ring is 1. The summed E-state index contributed by atoms with van der Waals surface area (Å²) in [4.78, 5) is 20.0. The number of nitrogens with zero attached hydrogens (tertiary/aromatic N) is 5. The van der Waals surface area contributed by atoms with Gasteiger partial charge in [-0.1, -0.05) is 33.3 Å². The molecule has 0 saturated heterocycles. The van der Waals surface area contributed by atoms with Gasteiger partial charge in [0, 0.05) is 31.7 Å². The van der Waals surface area contributed by atoms with Crippen LogP contribution in [0.2, 0.25) is 0 Å². The molecule has 224 valence electrons. The second-order valence-electron chi connectivity index (χ2n) is 14.6. The lowest BCUT2D eigenvalue weighted by Crippen LogP contribution is -2.49. The van der Waals surface area contributed by atoms with E-state index in [4.69, 9.17) is 10.7 Å². The van der Waals surface area contributed by atoms with Crippen molar-refractivity contribution in [2.75, 3.05) is 18.8 Å². The van der Waals surface area contributed by atoms with Gasteiger partial charge in [-0.25, -0.2) is 15.0 Å². The van der Waals surface area contributed by atoms with Crippen LogP contribution in [0.15, 0.2) is 36.8 Å². The van der Waals surface area contributed by atoms with Gasteiger partial charge in [-0.05, 0) is 91.9 Å². The molecule has 0 aliphatic heterocycles. The van der Waals surface area contributed by atoms with Gasteiger partial charge in [0.15, 0.2) is 0 Å². The van der Waals surface area contributed by atoms with Crippen LogP contribution in [0.4, 0.5) is 5.82 Å². The standard InChI is InChI=1S/C34H47N7O/c1-34(2,3)24-8-9-27-28(17-24)39-31(38-27)10-7-22-13-25(14-22)40(18-21-5-4-6-21)19-23-15-29(30(42)16-23)41-12-11-26-32(35)36-20-37-33(26)41/h8-9,11-12,17,20-23,25,29-30,42H,4-7,10,13-16,18-19H2,1-3H3,(H,38,39)(H2,35,36,37)/t22-,23-,25+,29+,30+/m0/s1. The molecule has 3 aliphatic rings. The summed E-state index contributed by atoms with van der Waals surface area (Å²) in [6.45, 7) is 9.09. The minimum atomic E-state index is -0.357. The molecule has 8 heteroatoms. The highest BCUT2D eigenvalue weighted by atomic mass is 16.3. The quantitative estimate of drug-likeness (QED) is 0.228. The Morgan fingerprint density at radius 2 is 1.83 bits per heavy atom. The Morgan fingerprint density at radius 3 is 2.60 bits per heavy atom. The molecule has 0 amide bonds. The van der Waals surface area contributed by atoms with Crippen LogP contribution < -0.4 is 5.73 Å². The van der Waals surface area contributed by atoms with E-state index in [1.165, 1.54) is 57.0 Å². The maximum atomic E-state index is 11.1. The number of anilines is 1. The Bertz CT molecular complexity index is 1540. The van der Waals surface area contributed by atoms with Gasteiger partial charge < -0.3 is 20.4 Å². The first-order valence-corrected chi connectivity index (χ1v) is 16.2. The number of nitrogens with two attached hydrogens (primary N) is 1. The van der Waals surface area contributed by atoms with E-state index in [1.807, 2.05) is 12.3 Å². The van der Waals surface area contributed by atoms with Crippen molar-refractivity contribution >= 4 is 27.9 Å². The lowest BCUT2D eigenvalue weighted by Gasteiger charge is -2.46. The summed E-state index contributed by atoms with van der Waals surface area (Å²) in [5.41, 5.74) is 10.6. The first-order valence-electron chi connectivity index (χ1n) is 16.2. The number of rotatable bonds is 9. The molecular formula is C34H47N7O. The summed E-state index contributed by atoms with van der Waals surface area (Å²) in [6, 6.07) is 9.38. The third-order valence-corrected chi connectivity index (χ3v) is 10.6. The normalized spacial score (nSPS) is 26.7. The molecule has 4 N–H and O–H groups in total. The average molecular weight is 570 g/mol. The van der Waals surface area contributed by atoms with Crippen molar-refractivity contribution in [1.29, 1.82) is 0 Å². The van der Waals surface area contributed by atoms with E-state index in [0.717, 1.165) is 65.5 Å². The summed E-state index contributed by atoms with van der Waals surface area (Å²) >= 11 is 0. The van der Waals surface area contributed by atoms with Crippen LogP contribution in [-0.4, -0.2) is 59.7 Å². The van der Waals surface area contributed by atoms with E-state index in [0.29, 0.717) is 17.8 Å². The molecule has 3 atom stereocenters. The fourth-order valence-corrected chi connectivity index (χ4v) is 7.73. The predicted octanol–water partition coefficient (Wildman–Crippen LogP) is 6.01. The van der Waals surface area contributed by atoms with Gasteiger partial charge in [-0.15, -0.1) is 0 Å². The Hall–Kier alpha value is -2.97. The fourth-order valence-electron chi connectivity index (χ4n) is 7.73. The Labute approximate surface area is 249 Å². The molecule has 42 heavy (non-hydrogen) atoms. The molecular weight excluding hydrogens is 522 g/mol. The number of hydrogen-bond acceptors (Lipinski definition) is 6. The monoisotopic (exact) mass is 569 g/mol. The van der Waals surface area contributed by atoms with Gasteiger partial charge in [-0.3, -0.25) is 4.90 Å². The third-order valence-electron chi connectivity index (χ3n) is 10.6. The van der Waals surface area contributed by atoms with Crippen molar-refractivity contribution in [3.8, 4) is 0 Å². The number of imidazole rings is 1. The zero-order chi connectivity index (χ0) is 29.0. The van der Waals surface area contributed by atoms with Crippen molar-refractivity contribution in [3.63, 3.8) is 0 Å². The minimum absolute atomic E-state index is 0.0461. The van der Waals surface area contributed by atoms with Crippen molar-refractivity contribution in [1.82, 2.24) is 29.4 Å². The molecule has 0 bridgehead atoms. The van der Waals surface area contributed by atoms with Crippen molar-refractivity contribution in [2.24, 2.45) is 17.8 Å². The number of aliphatic hydroxyl groups is 1. The summed E-state index contributed by atoms with van der Waals surface area (Å²) in [5.74, 6) is 3.75. The molecule has 3 aliphatic carbocycles. The highest BCUT2D eigenvalue weighted by Gasteiger charge is 2.40. The van der Waals surface area contributed by atoms with E-state index in [1.54, 1.807) is 0 Å². The first-order chi connectivity index (χ1) is 20.2. The lowest BCUT2D eigenvalue weighted by molar-refractivity contribution is 0.0351. The Kier molecular flexibility index (Phi) is 7.25. The van der Waals surface area contributed by atoms with Crippen molar-refractivity contribution in [3.05, 3.63) is 48.2 Å². The van der Waals surface area contributed by atoms with Gasteiger partial charge in [-0.2, -0.15) is 0 Å². The van der Waals surface area contributed by atoms with Crippen LogP contribution in [0, 0.1) is 17.8 Å². The van der Waals surface area contributed by atoms with E-state index in [9.17, 15) is 5.11 Å². The third kappa shape index (κ3) is 5.44. The number of hydrogen-bond donors (Lipinski definition) is 3. The number of fused-ring (bicyclic) bond motifs is 2. The number of H-pyrrole nitrogens is 1. The van der Waals surface area contributed by atoms with E-state index in [-0.39, 0.29) is 17.6 Å². The van der Waals surface area contributed by atoms with Gasteiger partial charge in [0.1, 0.15) is 23.6 Å². The largest absolute Gasteiger partial charge is 0.391 e. The number of aliphatic hydroxyl groups excluding tert-OH is 1. The smallest absolute Gasteiger partial charge is 0.145 e. The molecule has 3 aromatic heterocycles. The molecule has 0 spiro atoms. The van der Waals surface area contributed by atoms with E-state index in [2.05, 4.69) is 63.4 Å². The lowest BCUT2D eigenvalue weighted by atomic mass is 9.75. The summed E-state index contributed by atoms with van der Waals surface area (Å²) in [7, 11) is 0. The fraction of sp³-hybridized carbons (Fsp3) is 0.618. The van der Waals surface area contributed by atoms with Gasteiger partial charge in [0.25, 0.3) is 0 Å².